The van der Waals surface area contributed by atoms with Crippen molar-refractivity contribution in [3.8, 4) is 0 Å². The zero-order chi connectivity index (χ0) is 12.8. The first kappa shape index (κ1) is 13.4. The molecule has 0 saturated heterocycles. The van der Waals surface area contributed by atoms with Crippen molar-refractivity contribution in [2.75, 3.05) is 0 Å². The summed E-state index contributed by atoms with van der Waals surface area (Å²) in [6.07, 6.45) is 0. The molecule has 1 rings (SSSR count). The monoisotopic (exact) mass is 234 g/mol. The van der Waals surface area contributed by atoms with Crippen LogP contribution in [0.2, 0.25) is 0 Å². The Balaban J connectivity index is 2.48. The molecule has 0 radical (unpaired) electrons. The van der Waals surface area contributed by atoms with Gasteiger partial charge in [-0.05, 0) is 5.56 Å². The first-order chi connectivity index (χ1) is 8.02. The van der Waals surface area contributed by atoms with Gasteiger partial charge in [0.1, 0.15) is 6.04 Å². The highest BCUT2D eigenvalue weighted by Gasteiger charge is 2.23. The average Bonchev–Trinajstić information content (AvgIpc) is 2.35. The van der Waals surface area contributed by atoms with E-state index in [1.165, 1.54) is 0 Å². The van der Waals surface area contributed by atoms with E-state index in [2.05, 4.69) is 5.32 Å². The van der Waals surface area contributed by atoms with Crippen molar-refractivity contribution in [1.82, 2.24) is 5.32 Å². The van der Waals surface area contributed by atoms with Crippen molar-refractivity contribution in [1.29, 1.82) is 0 Å². The lowest BCUT2D eigenvalue weighted by atomic mass is 10.0. The average molecular weight is 234 g/mol. The summed E-state index contributed by atoms with van der Waals surface area (Å²) in [5, 5.41) is 2.65. The zero-order valence-electron chi connectivity index (χ0n) is 10.1. The Kier molecular flexibility index (Phi) is 4.84. The molecule has 17 heavy (non-hydrogen) atoms. The van der Waals surface area contributed by atoms with Crippen LogP contribution < -0.4 is 11.1 Å². The molecule has 0 fully saturated rings. The van der Waals surface area contributed by atoms with Crippen molar-refractivity contribution >= 4 is 11.7 Å². The van der Waals surface area contributed by atoms with Gasteiger partial charge in [-0.3, -0.25) is 9.59 Å². The molecular weight excluding hydrogens is 216 g/mol. The molecule has 4 nitrogen and oxygen atoms in total. The summed E-state index contributed by atoms with van der Waals surface area (Å²) in [4.78, 5) is 23.1. The molecule has 1 aromatic carbocycles. The van der Waals surface area contributed by atoms with E-state index in [0.29, 0.717) is 6.54 Å². The lowest BCUT2D eigenvalue weighted by Gasteiger charge is -2.13. The number of hydrogen-bond donors (Lipinski definition) is 2. The number of amides is 1. The van der Waals surface area contributed by atoms with Gasteiger partial charge in [-0.25, -0.2) is 0 Å². The maximum absolute atomic E-state index is 11.6. The highest BCUT2D eigenvalue weighted by Crippen LogP contribution is 2.00. The van der Waals surface area contributed by atoms with E-state index in [0.717, 1.165) is 5.56 Å². The number of nitrogens with one attached hydrogen (secondary N) is 1. The van der Waals surface area contributed by atoms with Crippen molar-refractivity contribution in [3.05, 3.63) is 35.9 Å². The summed E-state index contributed by atoms with van der Waals surface area (Å²) in [7, 11) is 0. The van der Waals surface area contributed by atoms with E-state index in [1.54, 1.807) is 13.8 Å². The van der Waals surface area contributed by atoms with Crippen LogP contribution in [-0.4, -0.2) is 17.7 Å². The minimum absolute atomic E-state index is 0.229. The smallest absolute Gasteiger partial charge is 0.244 e. The number of nitrogens with two attached hydrogens (primary N) is 1. The van der Waals surface area contributed by atoms with Crippen LogP contribution in [0.1, 0.15) is 19.4 Å². The SMILES string of the molecule is CC(C)C(=O)C(N)C(=O)NCc1ccccc1. The van der Waals surface area contributed by atoms with Crippen LogP contribution in [-0.2, 0) is 16.1 Å². The van der Waals surface area contributed by atoms with Crippen molar-refractivity contribution < 1.29 is 9.59 Å². The standard InChI is InChI=1S/C13H18N2O2/c1-9(2)12(16)11(14)13(17)15-8-10-6-4-3-5-7-10/h3-7,9,11H,8,14H2,1-2H3,(H,15,17). The predicted octanol–water partition coefficient (Wildman–Crippen LogP) is 0.855. The molecular formula is C13H18N2O2. The summed E-state index contributed by atoms with van der Waals surface area (Å²) >= 11 is 0. The minimum atomic E-state index is -1.07. The van der Waals surface area contributed by atoms with Gasteiger partial charge in [0, 0.05) is 12.5 Å². The second kappa shape index (κ2) is 6.15. The Bertz CT molecular complexity index is 388. The van der Waals surface area contributed by atoms with Crippen LogP contribution in [0.4, 0.5) is 0 Å². The number of ketones is 1. The van der Waals surface area contributed by atoms with Gasteiger partial charge in [0.05, 0.1) is 0 Å². The normalized spacial score (nSPS) is 12.2. The lowest BCUT2D eigenvalue weighted by Crippen LogP contribution is -2.47. The zero-order valence-corrected chi connectivity index (χ0v) is 10.1. The Morgan fingerprint density at radius 3 is 2.35 bits per heavy atom. The van der Waals surface area contributed by atoms with Gasteiger partial charge in [-0.2, -0.15) is 0 Å². The third-order valence-electron chi connectivity index (χ3n) is 2.47. The second-order valence-corrected chi connectivity index (χ2v) is 4.24. The van der Waals surface area contributed by atoms with Gasteiger partial charge in [0.15, 0.2) is 5.78 Å². The van der Waals surface area contributed by atoms with Crippen LogP contribution in [0.15, 0.2) is 30.3 Å². The van der Waals surface area contributed by atoms with E-state index < -0.39 is 11.9 Å². The number of hydrogen-bond acceptors (Lipinski definition) is 3. The number of carbonyl (C=O) groups excluding carboxylic acids is 2. The highest BCUT2D eigenvalue weighted by atomic mass is 16.2. The quantitative estimate of drug-likeness (QED) is 0.742. The third kappa shape index (κ3) is 4.00. The highest BCUT2D eigenvalue weighted by molar-refractivity contribution is 6.05. The Morgan fingerprint density at radius 1 is 1.24 bits per heavy atom. The summed E-state index contributed by atoms with van der Waals surface area (Å²) in [6.45, 7) is 3.85. The lowest BCUT2D eigenvalue weighted by molar-refractivity contribution is -0.131. The molecule has 0 saturated carbocycles. The molecule has 0 aliphatic carbocycles. The first-order valence-corrected chi connectivity index (χ1v) is 5.63. The van der Waals surface area contributed by atoms with E-state index in [9.17, 15) is 9.59 Å². The van der Waals surface area contributed by atoms with Gasteiger partial charge in [0.25, 0.3) is 0 Å². The molecule has 0 aliphatic rings. The van der Waals surface area contributed by atoms with E-state index in [-0.39, 0.29) is 11.7 Å². The fraction of sp³-hybridized carbons (Fsp3) is 0.385. The van der Waals surface area contributed by atoms with Gasteiger partial charge >= 0.3 is 0 Å². The van der Waals surface area contributed by atoms with Gasteiger partial charge < -0.3 is 11.1 Å². The molecule has 0 heterocycles. The Labute approximate surface area is 101 Å². The van der Waals surface area contributed by atoms with Crippen LogP contribution >= 0.6 is 0 Å². The van der Waals surface area contributed by atoms with Crippen LogP contribution in [0.5, 0.6) is 0 Å². The molecule has 1 amide bonds. The number of rotatable bonds is 5. The van der Waals surface area contributed by atoms with Crippen molar-refractivity contribution in [2.24, 2.45) is 11.7 Å². The maximum Gasteiger partial charge on any atom is 0.244 e. The fourth-order valence-corrected chi connectivity index (χ4v) is 1.38. The Hall–Kier alpha value is -1.68. The molecule has 3 N–H and O–H groups in total. The topological polar surface area (TPSA) is 72.2 Å². The molecule has 4 heteroatoms. The maximum atomic E-state index is 11.6. The van der Waals surface area contributed by atoms with Crippen LogP contribution in [0.3, 0.4) is 0 Å². The number of benzene rings is 1. The molecule has 0 spiro atoms. The molecule has 0 aromatic heterocycles. The van der Waals surface area contributed by atoms with Crippen molar-refractivity contribution in [3.63, 3.8) is 0 Å². The summed E-state index contributed by atoms with van der Waals surface area (Å²) in [5.41, 5.74) is 6.54. The summed E-state index contributed by atoms with van der Waals surface area (Å²) in [6, 6.07) is 8.41. The largest absolute Gasteiger partial charge is 0.350 e. The van der Waals surface area contributed by atoms with E-state index >= 15 is 0 Å². The molecule has 92 valence electrons. The number of Topliss-reactive ketones (excluding diaryl/α,β-unsaturated/α-hetero) is 1. The fourth-order valence-electron chi connectivity index (χ4n) is 1.38. The Morgan fingerprint density at radius 2 is 1.82 bits per heavy atom. The molecule has 1 atom stereocenters. The predicted molar refractivity (Wildman–Crippen MR) is 66.1 cm³/mol. The summed E-state index contributed by atoms with van der Waals surface area (Å²) in [5.74, 6) is -0.893. The van der Waals surface area contributed by atoms with E-state index in [4.69, 9.17) is 5.73 Å². The van der Waals surface area contributed by atoms with Crippen LogP contribution in [0, 0.1) is 5.92 Å². The van der Waals surface area contributed by atoms with Crippen molar-refractivity contribution in [2.45, 2.75) is 26.4 Å². The molecule has 0 aliphatic heterocycles. The van der Waals surface area contributed by atoms with Gasteiger partial charge in [-0.1, -0.05) is 44.2 Å². The summed E-state index contributed by atoms with van der Waals surface area (Å²) < 4.78 is 0. The molecule has 0 bridgehead atoms. The molecule has 1 unspecified atom stereocenters. The molecule has 1 aromatic rings. The van der Waals surface area contributed by atoms with Gasteiger partial charge in [0.2, 0.25) is 5.91 Å². The second-order valence-electron chi connectivity index (χ2n) is 4.24. The third-order valence-corrected chi connectivity index (χ3v) is 2.47. The van der Waals surface area contributed by atoms with Crippen LogP contribution in [0.25, 0.3) is 0 Å². The number of carbonyl (C=O) groups is 2. The first-order valence-electron chi connectivity index (χ1n) is 5.63. The minimum Gasteiger partial charge on any atom is -0.350 e. The van der Waals surface area contributed by atoms with E-state index in [1.807, 2.05) is 30.3 Å². The van der Waals surface area contributed by atoms with Gasteiger partial charge in [-0.15, -0.1) is 0 Å².